The first-order valence-electron chi connectivity index (χ1n) is 8.19. The van der Waals surface area contributed by atoms with Crippen LogP contribution in [-0.4, -0.2) is 23.7 Å². The fourth-order valence-corrected chi connectivity index (χ4v) is 3.21. The normalized spacial score (nSPS) is 20.3. The van der Waals surface area contributed by atoms with Crippen LogP contribution in [0.15, 0.2) is 54.6 Å². The van der Waals surface area contributed by atoms with Crippen molar-refractivity contribution in [2.75, 3.05) is 6.54 Å². The summed E-state index contributed by atoms with van der Waals surface area (Å²) in [5, 5.41) is 0. The number of nitrogens with two attached hydrogens (primary N) is 1. The molecule has 138 valence electrons. The molecule has 2 N–H and O–H groups in total. The zero-order chi connectivity index (χ0) is 18.8. The van der Waals surface area contributed by atoms with Crippen molar-refractivity contribution >= 4 is 6.09 Å². The molecular formula is C19H19F3N2O2. The second-order valence-electron chi connectivity index (χ2n) is 6.40. The molecule has 1 atom stereocenters. The Labute approximate surface area is 149 Å². The molecule has 4 nitrogen and oxygen atoms in total. The number of halogens is 3. The van der Waals surface area contributed by atoms with Gasteiger partial charge < -0.3 is 10.5 Å². The lowest BCUT2D eigenvalue weighted by molar-refractivity contribution is -0.171. The highest BCUT2D eigenvalue weighted by molar-refractivity contribution is 5.71. The number of nitrogens with zero attached hydrogens (tertiary/aromatic N) is 1. The molecule has 1 saturated heterocycles. The van der Waals surface area contributed by atoms with Crippen molar-refractivity contribution in [1.29, 1.82) is 0 Å². The lowest BCUT2D eigenvalue weighted by atomic mass is 9.88. The third-order valence-corrected chi connectivity index (χ3v) is 4.38. The van der Waals surface area contributed by atoms with Crippen LogP contribution in [0.2, 0.25) is 0 Å². The number of ether oxygens (including phenoxy) is 1. The van der Waals surface area contributed by atoms with Gasteiger partial charge in [-0.15, -0.1) is 0 Å². The Bertz CT molecular complexity index is 780. The zero-order valence-corrected chi connectivity index (χ0v) is 14.0. The monoisotopic (exact) mass is 364 g/mol. The molecule has 0 spiro atoms. The second-order valence-corrected chi connectivity index (χ2v) is 6.40. The maximum atomic E-state index is 13.3. The van der Waals surface area contributed by atoms with Gasteiger partial charge in [0.1, 0.15) is 0 Å². The van der Waals surface area contributed by atoms with E-state index in [1.54, 1.807) is 24.3 Å². The fraction of sp³-hybridized carbons (Fsp3) is 0.316. The molecule has 7 heteroatoms. The summed E-state index contributed by atoms with van der Waals surface area (Å²) in [5.41, 5.74) is 5.65. The van der Waals surface area contributed by atoms with Gasteiger partial charge >= 0.3 is 12.3 Å². The summed E-state index contributed by atoms with van der Waals surface area (Å²) in [6.45, 7) is 0.210. The van der Waals surface area contributed by atoms with Crippen LogP contribution in [0.25, 0.3) is 0 Å². The van der Waals surface area contributed by atoms with Crippen molar-refractivity contribution in [2.45, 2.75) is 31.3 Å². The van der Waals surface area contributed by atoms with Gasteiger partial charge in [-0.2, -0.15) is 13.2 Å². The van der Waals surface area contributed by atoms with E-state index in [4.69, 9.17) is 10.5 Å². The van der Waals surface area contributed by atoms with E-state index in [9.17, 15) is 18.0 Å². The molecule has 1 aliphatic heterocycles. The molecule has 1 unspecified atom stereocenters. The van der Waals surface area contributed by atoms with Crippen LogP contribution in [0.1, 0.15) is 23.1 Å². The number of hydrogen-bond donors (Lipinski definition) is 1. The molecule has 0 saturated carbocycles. The third kappa shape index (κ3) is 3.99. The van der Waals surface area contributed by atoms with Gasteiger partial charge in [0.25, 0.3) is 0 Å². The minimum absolute atomic E-state index is 0.172. The summed E-state index contributed by atoms with van der Waals surface area (Å²) >= 11 is 0. The van der Waals surface area contributed by atoms with Gasteiger partial charge in [-0.1, -0.05) is 54.6 Å². The number of benzene rings is 2. The molecular weight excluding hydrogens is 345 g/mol. The molecule has 1 aliphatic rings. The van der Waals surface area contributed by atoms with Crippen molar-refractivity contribution in [3.8, 4) is 0 Å². The Kier molecular flexibility index (Phi) is 4.91. The molecule has 0 radical (unpaired) electrons. The molecule has 26 heavy (non-hydrogen) atoms. The highest BCUT2D eigenvalue weighted by Crippen LogP contribution is 2.42. The summed E-state index contributed by atoms with van der Waals surface area (Å²) in [4.78, 5) is 13.6. The Morgan fingerprint density at radius 2 is 1.77 bits per heavy atom. The maximum absolute atomic E-state index is 13.3. The van der Waals surface area contributed by atoms with Gasteiger partial charge in [-0.05, 0) is 16.7 Å². The number of hydrogen-bond acceptors (Lipinski definition) is 3. The summed E-state index contributed by atoms with van der Waals surface area (Å²) in [7, 11) is 0. The lowest BCUT2D eigenvalue weighted by Crippen LogP contribution is -2.37. The SMILES string of the molecule is NCc1cccc(C2(CC(F)(F)F)CN(Cc3ccccc3)C(=O)O2)c1. The van der Waals surface area contributed by atoms with Crippen LogP contribution in [0.3, 0.4) is 0 Å². The number of alkyl halides is 3. The zero-order valence-electron chi connectivity index (χ0n) is 14.0. The standard InChI is InChI=1S/C19H19F3N2O2/c20-19(21,22)12-18(16-8-4-7-15(9-16)10-23)13-24(17(25)26-18)11-14-5-2-1-3-6-14/h1-9H,10-13,23H2. The number of amides is 1. The number of rotatable bonds is 5. The predicted molar refractivity (Wildman–Crippen MR) is 90.0 cm³/mol. The minimum Gasteiger partial charge on any atom is -0.436 e. The largest absolute Gasteiger partial charge is 0.436 e. The fourth-order valence-electron chi connectivity index (χ4n) is 3.21. The molecule has 2 aromatic carbocycles. The highest BCUT2D eigenvalue weighted by Gasteiger charge is 2.53. The van der Waals surface area contributed by atoms with E-state index in [1.807, 2.05) is 30.3 Å². The molecule has 1 amide bonds. The van der Waals surface area contributed by atoms with Crippen LogP contribution in [0.4, 0.5) is 18.0 Å². The van der Waals surface area contributed by atoms with Gasteiger partial charge in [0.15, 0.2) is 5.60 Å². The van der Waals surface area contributed by atoms with Gasteiger partial charge in [-0.25, -0.2) is 4.79 Å². The van der Waals surface area contributed by atoms with E-state index in [2.05, 4.69) is 0 Å². The van der Waals surface area contributed by atoms with E-state index >= 15 is 0 Å². The summed E-state index contributed by atoms with van der Waals surface area (Å²) in [6.07, 6.45) is -6.48. The Morgan fingerprint density at radius 1 is 1.08 bits per heavy atom. The highest BCUT2D eigenvalue weighted by atomic mass is 19.4. The van der Waals surface area contributed by atoms with E-state index in [0.717, 1.165) is 5.56 Å². The van der Waals surface area contributed by atoms with Crippen molar-refractivity contribution in [3.05, 3.63) is 71.3 Å². The Hall–Kier alpha value is -2.54. The molecule has 2 aromatic rings. The topological polar surface area (TPSA) is 55.6 Å². The van der Waals surface area contributed by atoms with Gasteiger partial charge in [-0.3, -0.25) is 4.90 Å². The van der Waals surface area contributed by atoms with E-state index < -0.39 is 24.3 Å². The Morgan fingerprint density at radius 3 is 2.42 bits per heavy atom. The molecule has 3 rings (SSSR count). The first kappa shape index (κ1) is 18.3. The molecule has 1 fully saturated rings. The third-order valence-electron chi connectivity index (χ3n) is 4.38. The first-order valence-corrected chi connectivity index (χ1v) is 8.19. The van der Waals surface area contributed by atoms with Gasteiger partial charge in [0.05, 0.1) is 13.0 Å². The quantitative estimate of drug-likeness (QED) is 0.874. The van der Waals surface area contributed by atoms with E-state index in [0.29, 0.717) is 11.1 Å². The van der Waals surface area contributed by atoms with Crippen LogP contribution < -0.4 is 5.73 Å². The first-order chi connectivity index (χ1) is 12.3. The average Bonchev–Trinajstić information content (AvgIpc) is 2.90. The predicted octanol–water partition coefficient (Wildman–Crippen LogP) is 3.95. The van der Waals surface area contributed by atoms with Crippen molar-refractivity contribution in [1.82, 2.24) is 4.90 Å². The van der Waals surface area contributed by atoms with Crippen molar-refractivity contribution in [3.63, 3.8) is 0 Å². The van der Waals surface area contributed by atoms with Crippen molar-refractivity contribution in [2.24, 2.45) is 5.73 Å². The van der Waals surface area contributed by atoms with Crippen LogP contribution in [0.5, 0.6) is 0 Å². The maximum Gasteiger partial charge on any atom is 0.411 e. The smallest absolute Gasteiger partial charge is 0.411 e. The molecule has 0 bridgehead atoms. The van der Waals surface area contributed by atoms with Crippen molar-refractivity contribution < 1.29 is 22.7 Å². The second kappa shape index (κ2) is 6.99. The molecule has 0 aromatic heterocycles. The minimum atomic E-state index is -4.48. The van der Waals surface area contributed by atoms with E-state index in [-0.39, 0.29) is 19.6 Å². The number of cyclic esters (lactones) is 1. The summed E-state index contributed by atoms with van der Waals surface area (Å²) < 4.78 is 45.1. The Balaban J connectivity index is 1.93. The van der Waals surface area contributed by atoms with Crippen LogP contribution in [-0.2, 0) is 23.4 Å². The summed E-state index contributed by atoms with van der Waals surface area (Å²) in [5.74, 6) is 0. The number of carbonyl (C=O) groups is 1. The molecule has 1 heterocycles. The van der Waals surface area contributed by atoms with Gasteiger partial charge in [0.2, 0.25) is 0 Å². The number of carbonyl (C=O) groups excluding carboxylic acids is 1. The van der Waals surface area contributed by atoms with Gasteiger partial charge in [0, 0.05) is 13.1 Å². The van der Waals surface area contributed by atoms with Crippen LogP contribution in [0, 0.1) is 0 Å². The van der Waals surface area contributed by atoms with E-state index in [1.165, 1.54) is 4.90 Å². The average molecular weight is 364 g/mol. The van der Waals surface area contributed by atoms with Crippen LogP contribution >= 0.6 is 0 Å². The summed E-state index contributed by atoms with van der Waals surface area (Å²) in [6, 6.07) is 15.5. The lowest BCUT2D eigenvalue weighted by Gasteiger charge is -2.29. The molecule has 0 aliphatic carbocycles.